The molecule has 0 spiro atoms. The van der Waals surface area contributed by atoms with Crippen molar-refractivity contribution < 1.29 is 33.6 Å². The summed E-state index contributed by atoms with van der Waals surface area (Å²) in [4.78, 5) is 25.3. The summed E-state index contributed by atoms with van der Waals surface area (Å²) in [5.74, 6) is 1.27. The predicted octanol–water partition coefficient (Wildman–Crippen LogP) is 7.28. The Morgan fingerprint density at radius 2 is 1.70 bits per heavy atom. The molecular weight excluding hydrogens is 546 g/mol. The third-order valence-electron chi connectivity index (χ3n) is 7.81. The van der Waals surface area contributed by atoms with Crippen LogP contribution < -0.4 is 14.2 Å². The summed E-state index contributed by atoms with van der Waals surface area (Å²) in [7, 11) is 0. The number of aliphatic carboxylic acids is 1. The van der Waals surface area contributed by atoms with Crippen LogP contribution in [0.1, 0.15) is 68.2 Å². The molecule has 1 fully saturated rings. The number of carbonyl (C=O) groups is 2. The Labute approximate surface area is 253 Å². The lowest BCUT2D eigenvalue weighted by Gasteiger charge is -2.33. The van der Waals surface area contributed by atoms with Crippen molar-refractivity contribution in [2.45, 2.75) is 78.1 Å². The summed E-state index contributed by atoms with van der Waals surface area (Å²) < 4.78 is 23.7. The number of likely N-dealkylation sites (tertiary alicyclic amines) is 1. The van der Waals surface area contributed by atoms with E-state index in [0.717, 1.165) is 46.4 Å². The number of carboxylic acids is 1. The van der Waals surface area contributed by atoms with Crippen molar-refractivity contribution >= 4 is 12.1 Å². The smallest absolute Gasteiger partial charge is 0.410 e. The number of ether oxygens (including phenoxy) is 4. The zero-order valence-corrected chi connectivity index (χ0v) is 25.6. The fourth-order valence-electron chi connectivity index (χ4n) is 5.83. The molecule has 1 atom stereocenters. The minimum Gasteiger partial charge on any atom is -0.492 e. The number of benzene rings is 3. The van der Waals surface area contributed by atoms with Gasteiger partial charge in [-0.3, -0.25) is 4.79 Å². The molecule has 8 heteroatoms. The molecule has 2 aliphatic rings. The normalized spacial score (nSPS) is 16.8. The summed E-state index contributed by atoms with van der Waals surface area (Å²) in [6.45, 7) is 11.9. The maximum absolute atomic E-state index is 12.4. The highest BCUT2D eigenvalue weighted by Gasteiger charge is 2.28. The zero-order chi connectivity index (χ0) is 30.7. The highest BCUT2D eigenvalue weighted by Crippen LogP contribution is 2.38. The van der Waals surface area contributed by atoms with E-state index in [9.17, 15) is 9.59 Å². The number of nitrogens with zero attached hydrogens (tertiary/aromatic N) is 1. The highest BCUT2D eigenvalue weighted by atomic mass is 16.6. The van der Waals surface area contributed by atoms with E-state index in [1.807, 2.05) is 51.1 Å². The number of carbonyl (C=O) groups excluding carboxylic acids is 1. The molecule has 0 saturated carbocycles. The lowest BCUT2D eigenvalue weighted by atomic mass is 9.94. The van der Waals surface area contributed by atoms with Crippen LogP contribution in [0, 0.1) is 13.8 Å². The maximum atomic E-state index is 12.4. The second-order valence-corrected chi connectivity index (χ2v) is 12.5. The van der Waals surface area contributed by atoms with Crippen LogP contribution in [0.5, 0.6) is 17.2 Å². The Hall–Kier alpha value is -4.20. The van der Waals surface area contributed by atoms with Gasteiger partial charge in [0.1, 0.15) is 35.6 Å². The van der Waals surface area contributed by atoms with Crippen LogP contribution in [-0.2, 0) is 16.1 Å². The van der Waals surface area contributed by atoms with Gasteiger partial charge in [-0.2, -0.15) is 0 Å². The van der Waals surface area contributed by atoms with Gasteiger partial charge in [0.25, 0.3) is 0 Å². The van der Waals surface area contributed by atoms with Crippen molar-refractivity contribution in [3.8, 4) is 28.4 Å². The van der Waals surface area contributed by atoms with Gasteiger partial charge in [-0.1, -0.05) is 24.3 Å². The van der Waals surface area contributed by atoms with Gasteiger partial charge in [0.15, 0.2) is 0 Å². The van der Waals surface area contributed by atoms with E-state index in [1.54, 1.807) is 4.90 Å². The standard InChI is InChI=1S/C35H41NO7/c1-22-15-29(42-27-11-13-36(14-12-27)34(39)43-35(3,4)5)16-23(2)33(22)25-8-6-7-24(17-25)20-40-28-9-10-30-26(18-32(37)38)21-41-31(30)19-28/h6-10,15-17,19,26-27H,11-14,18,20-21H2,1-5H3,(H,37,38)/t26-/m1/s1. The number of piperidine rings is 1. The van der Waals surface area contributed by atoms with Crippen molar-refractivity contribution in [3.63, 3.8) is 0 Å². The van der Waals surface area contributed by atoms with Gasteiger partial charge in [0, 0.05) is 43.5 Å². The average Bonchev–Trinajstić information content (AvgIpc) is 3.32. The number of rotatable bonds is 8. The average molecular weight is 588 g/mol. The Balaban J connectivity index is 1.20. The molecule has 228 valence electrons. The first-order chi connectivity index (χ1) is 20.4. The SMILES string of the molecule is Cc1cc(OC2CCN(C(=O)OC(C)(C)C)CC2)cc(C)c1-c1cccc(COc2ccc3c(c2)OC[C@H]3CC(=O)O)c1. The predicted molar refractivity (Wildman–Crippen MR) is 164 cm³/mol. The Morgan fingerprint density at radius 1 is 0.977 bits per heavy atom. The molecule has 1 amide bonds. The molecule has 43 heavy (non-hydrogen) atoms. The first-order valence-corrected chi connectivity index (χ1v) is 14.9. The maximum Gasteiger partial charge on any atom is 0.410 e. The molecule has 0 unspecified atom stereocenters. The molecule has 0 bridgehead atoms. The molecule has 3 aromatic carbocycles. The molecule has 0 radical (unpaired) electrons. The zero-order valence-electron chi connectivity index (χ0n) is 25.6. The highest BCUT2D eigenvalue weighted by molar-refractivity contribution is 5.72. The van der Waals surface area contributed by atoms with E-state index in [1.165, 1.54) is 5.56 Å². The molecule has 1 saturated heterocycles. The van der Waals surface area contributed by atoms with Gasteiger partial charge >= 0.3 is 12.1 Å². The van der Waals surface area contributed by atoms with Gasteiger partial charge < -0.3 is 29.0 Å². The van der Waals surface area contributed by atoms with E-state index < -0.39 is 11.6 Å². The summed E-state index contributed by atoms with van der Waals surface area (Å²) in [5.41, 5.74) is 6.00. The van der Waals surface area contributed by atoms with Crippen LogP contribution in [0.25, 0.3) is 11.1 Å². The Bertz CT molecular complexity index is 1460. The lowest BCUT2D eigenvalue weighted by Crippen LogP contribution is -2.44. The summed E-state index contributed by atoms with van der Waals surface area (Å²) >= 11 is 0. The van der Waals surface area contributed by atoms with Crippen molar-refractivity contribution in [2.75, 3.05) is 19.7 Å². The number of hydrogen-bond acceptors (Lipinski definition) is 6. The Kier molecular flexibility index (Phi) is 8.85. The van der Waals surface area contributed by atoms with Crippen LogP contribution >= 0.6 is 0 Å². The van der Waals surface area contributed by atoms with Crippen LogP contribution in [-0.4, -0.2) is 53.5 Å². The van der Waals surface area contributed by atoms with Crippen LogP contribution in [0.15, 0.2) is 54.6 Å². The second-order valence-electron chi connectivity index (χ2n) is 12.5. The largest absolute Gasteiger partial charge is 0.492 e. The number of hydrogen-bond donors (Lipinski definition) is 1. The van der Waals surface area contributed by atoms with Crippen LogP contribution in [0.3, 0.4) is 0 Å². The number of amides is 1. The molecule has 2 aliphatic heterocycles. The monoisotopic (exact) mass is 587 g/mol. The molecule has 5 rings (SSSR count). The molecule has 1 N–H and O–H groups in total. The van der Waals surface area contributed by atoms with Crippen molar-refractivity contribution in [3.05, 3.63) is 76.9 Å². The van der Waals surface area contributed by atoms with Crippen LogP contribution in [0.2, 0.25) is 0 Å². The summed E-state index contributed by atoms with van der Waals surface area (Å²) in [6, 6.07) is 18.1. The van der Waals surface area contributed by atoms with Gasteiger partial charge in [0.2, 0.25) is 0 Å². The van der Waals surface area contributed by atoms with E-state index in [2.05, 4.69) is 38.1 Å². The molecule has 0 aliphatic carbocycles. The van der Waals surface area contributed by atoms with Crippen molar-refractivity contribution in [1.82, 2.24) is 4.90 Å². The lowest BCUT2D eigenvalue weighted by molar-refractivity contribution is -0.137. The van der Waals surface area contributed by atoms with Gasteiger partial charge in [0.05, 0.1) is 13.0 Å². The fourth-order valence-corrected chi connectivity index (χ4v) is 5.83. The molecule has 8 nitrogen and oxygen atoms in total. The number of aryl methyl sites for hydroxylation is 2. The number of fused-ring (bicyclic) bond motifs is 1. The minimum absolute atomic E-state index is 0.0523. The summed E-state index contributed by atoms with van der Waals surface area (Å²) in [6.07, 6.45) is 1.38. The topological polar surface area (TPSA) is 94.5 Å². The molecule has 2 heterocycles. The first kappa shape index (κ1) is 30.3. The molecular formula is C35H41NO7. The first-order valence-electron chi connectivity index (χ1n) is 14.9. The van der Waals surface area contributed by atoms with Gasteiger partial charge in [-0.15, -0.1) is 0 Å². The third-order valence-corrected chi connectivity index (χ3v) is 7.81. The minimum atomic E-state index is -0.827. The summed E-state index contributed by atoms with van der Waals surface area (Å²) in [5, 5.41) is 9.13. The van der Waals surface area contributed by atoms with Gasteiger partial charge in [-0.05, 0) is 86.7 Å². The van der Waals surface area contributed by atoms with Crippen LogP contribution in [0.4, 0.5) is 4.79 Å². The fraction of sp³-hybridized carbons (Fsp3) is 0.429. The molecule has 3 aromatic rings. The van der Waals surface area contributed by atoms with E-state index in [0.29, 0.717) is 37.8 Å². The van der Waals surface area contributed by atoms with E-state index in [-0.39, 0.29) is 24.5 Å². The van der Waals surface area contributed by atoms with E-state index in [4.69, 9.17) is 24.1 Å². The van der Waals surface area contributed by atoms with Crippen molar-refractivity contribution in [1.29, 1.82) is 0 Å². The third kappa shape index (κ3) is 7.61. The van der Waals surface area contributed by atoms with Crippen molar-refractivity contribution in [2.24, 2.45) is 0 Å². The van der Waals surface area contributed by atoms with E-state index >= 15 is 0 Å². The Morgan fingerprint density at radius 3 is 2.37 bits per heavy atom. The quantitative estimate of drug-likeness (QED) is 0.296. The number of carboxylic acid groups (broad SMARTS) is 1. The van der Waals surface area contributed by atoms with Gasteiger partial charge in [-0.25, -0.2) is 4.79 Å². The second kappa shape index (κ2) is 12.6. The molecule has 0 aromatic heterocycles.